The second-order valence-corrected chi connectivity index (χ2v) is 5.21. The van der Waals surface area contributed by atoms with E-state index in [-0.39, 0.29) is 0 Å². The van der Waals surface area contributed by atoms with Crippen molar-refractivity contribution >= 4 is 0 Å². The zero-order valence-corrected chi connectivity index (χ0v) is 11.6. The third-order valence-electron chi connectivity index (χ3n) is 4.01. The summed E-state index contributed by atoms with van der Waals surface area (Å²) < 4.78 is 0. The summed E-state index contributed by atoms with van der Waals surface area (Å²) in [6, 6.07) is 7.38. The van der Waals surface area contributed by atoms with Gasteiger partial charge in [-0.3, -0.25) is 9.88 Å². The Balaban J connectivity index is 2.03. The summed E-state index contributed by atoms with van der Waals surface area (Å²) in [5.41, 5.74) is 1.20. The molecule has 0 radical (unpaired) electrons. The van der Waals surface area contributed by atoms with Gasteiger partial charge in [-0.05, 0) is 58.5 Å². The maximum atomic E-state index is 4.51. The third-order valence-corrected chi connectivity index (χ3v) is 4.01. The molecular weight excluding hydrogens is 222 g/mol. The van der Waals surface area contributed by atoms with Crippen molar-refractivity contribution in [2.45, 2.75) is 44.7 Å². The van der Waals surface area contributed by atoms with Gasteiger partial charge in [0.2, 0.25) is 0 Å². The SMILES string of the molecule is CNCCC1CCCCN1C(C)c1ccccn1. The highest BCUT2D eigenvalue weighted by atomic mass is 15.2. The smallest absolute Gasteiger partial charge is 0.0572 e. The summed E-state index contributed by atoms with van der Waals surface area (Å²) in [5.74, 6) is 0. The molecule has 2 rings (SSSR count). The van der Waals surface area contributed by atoms with E-state index in [1.54, 1.807) is 0 Å². The van der Waals surface area contributed by atoms with E-state index in [9.17, 15) is 0 Å². The van der Waals surface area contributed by atoms with Crippen molar-refractivity contribution in [2.75, 3.05) is 20.1 Å². The van der Waals surface area contributed by atoms with Gasteiger partial charge in [0.1, 0.15) is 0 Å². The molecule has 1 aliphatic rings. The fourth-order valence-corrected chi connectivity index (χ4v) is 2.95. The number of rotatable bonds is 5. The summed E-state index contributed by atoms with van der Waals surface area (Å²) >= 11 is 0. The van der Waals surface area contributed by atoms with Crippen molar-refractivity contribution in [3.05, 3.63) is 30.1 Å². The minimum Gasteiger partial charge on any atom is -0.320 e. The van der Waals surface area contributed by atoms with Gasteiger partial charge in [0.05, 0.1) is 5.69 Å². The van der Waals surface area contributed by atoms with Crippen LogP contribution in [0, 0.1) is 0 Å². The maximum Gasteiger partial charge on any atom is 0.0572 e. The predicted octanol–water partition coefficient (Wildman–Crippen LogP) is 2.61. The highest BCUT2D eigenvalue weighted by molar-refractivity contribution is 5.08. The lowest BCUT2D eigenvalue weighted by atomic mass is 9.96. The van der Waals surface area contributed by atoms with Gasteiger partial charge in [0, 0.05) is 18.3 Å². The molecule has 3 nitrogen and oxygen atoms in total. The molecule has 1 N–H and O–H groups in total. The molecule has 1 aromatic heterocycles. The zero-order valence-electron chi connectivity index (χ0n) is 11.6. The van der Waals surface area contributed by atoms with Crippen molar-refractivity contribution < 1.29 is 0 Å². The summed E-state index contributed by atoms with van der Waals surface area (Å²) in [6.07, 6.45) is 7.18. The largest absolute Gasteiger partial charge is 0.320 e. The molecule has 0 amide bonds. The van der Waals surface area contributed by atoms with Crippen LogP contribution in [0.15, 0.2) is 24.4 Å². The number of nitrogens with one attached hydrogen (secondary N) is 1. The molecule has 2 heterocycles. The first kappa shape index (κ1) is 13.5. The number of pyridine rings is 1. The maximum absolute atomic E-state index is 4.51. The zero-order chi connectivity index (χ0) is 12.8. The van der Waals surface area contributed by atoms with Crippen LogP contribution in [-0.2, 0) is 0 Å². The minimum absolute atomic E-state index is 0.438. The third kappa shape index (κ3) is 3.30. The van der Waals surface area contributed by atoms with E-state index in [0.29, 0.717) is 12.1 Å². The summed E-state index contributed by atoms with van der Waals surface area (Å²) in [6.45, 7) is 4.61. The Morgan fingerprint density at radius 1 is 1.44 bits per heavy atom. The molecule has 3 heteroatoms. The highest BCUT2D eigenvalue weighted by Gasteiger charge is 2.27. The first-order valence-corrected chi connectivity index (χ1v) is 7.14. The van der Waals surface area contributed by atoms with Gasteiger partial charge in [-0.1, -0.05) is 12.5 Å². The van der Waals surface area contributed by atoms with Crippen molar-refractivity contribution in [2.24, 2.45) is 0 Å². The first-order valence-electron chi connectivity index (χ1n) is 7.14. The van der Waals surface area contributed by atoms with Crippen LogP contribution < -0.4 is 5.32 Å². The highest BCUT2D eigenvalue weighted by Crippen LogP contribution is 2.28. The lowest BCUT2D eigenvalue weighted by molar-refractivity contribution is 0.0951. The molecule has 0 saturated carbocycles. The van der Waals surface area contributed by atoms with Crippen LogP contribution in [0.25, 0.3) is 0 Å². The van der Waals surface area contributed by atoms with Crippen LogP contribution in [0.4, 0.5) is 0 Å². The van der Waals surface area contributed by atoms with Crippen LogP contribution in [0.1, 0.15) is 44.3 Å². The molecule has 1 fully saturated rings. The van der Waals surface area contributed by atoms with Gasteiger partial charge in [-0.2, -0.15) is 0 Å². The van der Waals surface area contributed by atoms with Gasteiger partial charge in [0.15, 0.2) is 0 Å². The fourth-order valence-electron chi connectivity index (χ4n) is 2.95. The van der Waals surface area contributed by atoms with Crippen molar-refractivity contribution in [1.29, 1.82) is 0 Å². The van der Waals surface area contributed by atoms with Gasteiger partial charge in [0.25, 0.3) is 0 Å². The number of hydrogen-bond donors (Lipinski definition) is 1. The van der Waals surface area contributed by atoms with Crippen LogP contribution >= 0.6 is 0 Å². The number of hydrogen-bond acceptors (Lipinski definition) is 3. The van der Waals surface area contributed by atoms with E-state index in [0.717, 1.165) is 6.54 Å². The van der Waals surface area contributed by atoms with Crippen molar-refractivity contribution in [3.8, 4) is 0 Å². The van der Waals surface area contributed by atoms with Gasteiger partial charge in [-0.25, -0.2) is 0 Å². The molecule has 100 valence electrons. The molecule has 0 aliphatic carbocycles. The van der Waals surface area contributed by atoms with Crippen LogP contribution in [0.2, 0.25) is 0 Å². The molecule has 2 atom stereocenters. The Morgan fingerprint density at radius 3 is 3.06 bits per heavy atom. The Kier molecular flexibility index (Phi) is 5.14. The summed E-state index contributed by atoms with van der Waals surface area (Å²) in [5, 5.41) is 3.27. The van der Waals surface area contributed by atoms with E-state index < -0.39 is 0 Å². The lowest BCUT2D eigenvalue weighted by Crippen LogP contribution is -2.42. The normalized spacial score (nSPS) is 22.9. The van der Waals surface area contributed by atoms with Gasteiger partial charge in [-0.15, -0.1) is 0 Å². The average molecular weight is 247 g/mol. The number of aromatic nitrogens is 1. The molecule has 18 heavy (non-hydrogen) atoms. The molecule has 0 spiro atoms. The second kappa shape index (κ2) is 6.86. The molecule has 0 bridgehead atoms. The monoisotopic (exact) mass is 247 g/mol. The molecule has 2 unspecified atom stereocenters. The lowest BCUT2D eigenvalue weighted by Gasteiger charge is -2.39. The van der Waals surface area contributed by atoms with E-state index in [1.165, 1.54) is 37.9 Å². The Morgan fingerprint density at radius 2 is 2.33 bits per heavy atom. The van der Waals surface area contributed by atoms with Crippen LogP contribution in [0.5, 0.6) is 0 Å². The fraction of sp³-hybridized carbons (Fsp3) is 0.667. The number of likely N-dealkylation sites (tertiary alicyclic amines) is 1. The molecule has 1 aromatic rings. The number of piperidine rings is 1. The van der Waals surface area contributed by atoms with Gasteiger partial charge < -0.3 is 5.32 Å². The minimum atomic E-state index is 0.438. The van der Waals surface area contributed by atoms with Crippen LogP contribution in [-0.4, -0.2) is 36.1 Å². The molecule has 1 aliphatic heterocycles. The topological polar surface area (TPSA) is 28.2 Å². The number of nitrogens with zero attached hydrogens (tertiary/aromatic N) is 2. The average Bonchev–Trinajstić information content (AvgIpc) is 2.45. The summed E-state index contributed by atoms with van der Waals surface area (Å²) in [7, 11) is 2.04. The standard InChI is InChI=1S/C15H25N3/c1-13(15-8-3-5-10-17-15)18-12-6-4-7-14(18)9-11-16-2/h3,5,8,10,13-14,16H,4,6-7,9,11-12H2,1-2H3. The van der Waals surface area contributed by atoms with Crippen LogP contribution in [0.3, 0.4) is 0 Å². The molecule has 1 saturated heterocycles. The first-order chi connectivity index (χ1) is 8.83. The molecule has 0 aromatic carbocycles. The Bertz CT molecular complexity index is 339. The Hall–Kier alpha value is -0.930. The van der Waals surface area contributed by atoms with E-state index >= 15 is 0 Å². The molecular formula is C15H25N3. The quantitative estimate of drug-likeness (QED) is 0.867. The van der Waals surface area contributed by atoms with E-state index in [1.807, 2.05) is 19.3 Å². The van der Waals surface area contributed by atoms with Crippen molar-refractivity contribution in [1.82, 2.24) is 15.2 Å². The summed E-state index contributed by atoms with van der Waals surface area (Å²) in [4.78, 5) is 7.15. The van der Waals surface area contributed by atoms with Crippen molar-refractivity contribution in [3.63, 3.8) is 0 Å². The Labute approximate surface area is 111 Å². The van der Waals surface area contributed by atoms with E-state index in [2.05, 4.69) is 34.3 Å². The van der Waals surface area contributed by atoms with Gasteiger partial charge >= 0.3 is 0 Å². The predicted molar refractivity (Wildman–Crippen MR) is 75.5 cm³/mol. The second-order valence-electron chi connectivity index (χ2n) is 5.21. The van der Waals surface area contributed by atoms with E-state index in [4.69, 9.17) is 0 Å².